The van der Waals surface area contributed by atoms with Crippen LogP contribution in [0.1, 0.15) is 31.1 Å². The van der Waals surface area contributed by atoms with Crippen LogP contribution in [-0.2, 0) is 11.3 Å². The average molecular weight is 231 g/mol. The van der Waals surface area contributed by atoms with Crippen LogP contribution in [0.25, 0.3) is 10.9 Å². The molecule has 0 bridgehead atoms. The lowest BCUT2D eigenvalue weighted by Crippen LogP contribution is -2.19. The predicted octanol–water partition coefficient (Wildman–Crippen LogP) is 2.19. The molecular weight excluding hydrogens is 214 g/mol. The van der Waals surface area contributed by atoms with Crippen molar-refractivity contribution in [3.8, 4) is 0 Å². The highest BCUT2D eigenvalue weighted by atomic mass is 16.5. The van der Waals surface area contributed by atoms with E-state index in [1.165, 1.54) is 6.42 Å². The van der Waals surface area contributed by atoms with Gasteiger partial charge in [0.15, 0.2) is 6.23 Å². The van der Waals surface area contributed by atoms with E-state index in [9.17, 15) is 0 Å². The van der Waals surface area contributed by atoms with E-state index in [1.807, 2.05) is 10.9 Å². The van der Waals surface area contributed by atoms with Crippen LogP contribution >= 0.6 is 0 Å². The average Bonchev–Trinajstić information content (AvgIpc) is 2.82. The summed E-state index contributed by atoms with van der Waals surface area (Å²) < 4.78 is 7.77. The highest BCUT2D eigenvalue weighted by molar-refractivity contribution is 5.79. The van der Waals surface area contributed by atoms with Crippen LogP contribution in [0.2, 0.25) is 0 Å². The lowest BCUT2D eigenvalue weighted by molar-refractivity contribution is -0.0366. The van der Waals surface area contributed by atoms with Gasteiger partial charge in [-0.25, -0.2) is 4.68 Å². The number of nitrogens with two attached hydrogens (primary N) is 1. The summed E-state index contributed by atoms with van der Waals surface area (Å²) in [7, 11) is 0. The zero-order valence-electron chi connectivity index (χ0n) is 9.80. The van der Waals surface area contributed by atoms with Gasteiger partial charge in [0.25, 0.3) is 0 Å². The van der Waals surface area contributed by atoms with Crippen LogP contribution in [0.3, 0.4) is 0 Å². The summed E-state index contributed by atoms with van der Waals surface area (Å²) in [4.78, 5) is 0. The van der Waals surface area contributed by atoms with Crippen molar-refractivity contribution in [2.24, 2.45) is 5.73 Å². The second kappa shape index (κ2) is 4.47. The summed E-state index contributed by atoms with van der Waals surface area (Å²) >= 11 is 0. The van der Waals surface area contributed by atoms with Crippen molar-refractivity contribution in [1.82, 2.24) is 9.78 Å². The number of rotatable bonds is 2. The molecule has 2 heterocycles. The van der Waals surface area contributed by atoms with Crippen molar-refractivity contribution in [3.63, 3.8) is 0 Å². The molecule has 1 aromatic carbocycles. The fraction of sp³-hybridized carbons (Fsp3) is 0.462. The third-order valence-electron chi connectivity index (χ3n) is 3.33. The first-order chi connectivity index (χ1) is 8.38. The summed E-state index contributed by atoms with van der Waals surface area (Å²) in [6, 6.07) is 6.24. The molecule has 3 rings (SSSR count). The molecular formula is C13H17N3O. The Labute approximate surface area is 100 Å². The lowest BCUT2D eigenvalue weighted by Gasteiger charge is -2.23. The summed E-state index contributed by atoms with van der Waals surface area (Å²) in [6.45, 7) is 1.40. The standard InChI is InChI=1S/C13H17N3O/c14-8-10-4-5-11-9-15-16(12(11)7-10)13-3-1-2-6-17-13/h4-5,7,9,13H,1-3,6,8,14H2/t13-/m0/s1. The van der Waals surface area contributed by atoms with Gasteiger partial charge in [-0.15, -0.1) is 0 Å². The van der Waals surface area contributed by atoms with Crippen molar-refractivity contribution in [2.75, 3.05) is 6.61 Å². The molecule has 4 heteroatoms. The molecule has 1 atom stereocenters. The second-order valence-electron chi connectivity index (χ2n) is 4.51. The Kier molecular flexibility index (Phi) is 2.82. The minimum absolute atomic E-state index is 0.0919. The Bertz CT molecular complexity index is 514. The predicted molar refractivity (Wildman–Crippen MR) is 66.5 cm³/mol. The second-order valence-corrected chi connectivity index (χ2v) is 4.51. The van der Waals surface area contributed by atoms with Gasteiger partial charge in [0, 0.05) is 18.5 Å². The van der Waals surface area contributed by atoms with E-state index in [2.05, 4.69) is 23.3 Å². The van der Waals surface area contributed by atoms with Crippen molar-refractivity contribution in [1.29, 1.82) is 0 Å². The minimum Gasteiger partial charge on any atom is -0.356 e. The monoisotopic (exact) mass is 231 g/mol. The van der Waals surface area contributed by atoms with E-state index in [1.54, 1.807) is 0 Å². The van der Waals surface area contributed by atoms with Gasteiger partial charge >= 0.3 is 0 Å². The van der Waals surface area contributed by atoms with E-state index in [0.29, 0.717) is 6.54 Å². The molecule has 1 aliphatic heterocycles. The molecule has 1 aromatic heterocycles. The Morgan fingerprint density at radius 2 is 2.35 bits per heavy atom. The third-order valence-corrected chi connectivity index (χ3v) is 3.33. The van der Waals surface area contributed by atoms with E-state index >= 15 is 0 Å². The van der Waals surface area contributed by atoms with E-state index in [-0.39, 0.29) is 6.23 Å². The maximum absolute atomic E-state index is 5.77. The lowest BCUT2D eigenvalue weighted by atomic mass is 10.1. The first-order valence-corrected chi connectivity index (χ1v) is 6.16. The number of ether oxygens (including phenoxy) is 1. The van der Waals surface area contributed by atoms with Crippen LogP contribution in [0.4, 0.5) is 0 Å². The maximum Gasteiger partial charge on any atom is 0.150 e. The smallest absolute Gasteiger partial charge is 0.150 e. The zero-order chi connectivity index (χ0) is 11.7. The van der Waals surface area contributed by atoms with Gasteiger partial charge in [-0.05, 0) is 30.9 Å². The van der Waals surface area contributed by atoms with Crippen molar-refractivity contribution >= 4 is 10.9 Å². The Morgan fingerprint density at radius 1 is 1.41 bits per heavy atom. The fourth-order valence-corrected chi connectivity index (χ4v) is 2.36. The number of hydrogen-bond donors (Lipinski definition) is 1. The van der Waals surface area contributed by atoms with Crippen LogP contribution in [0.5, 0.6) is 0 Å². The third kappa shape index (κ3) is 1.94. The molecule has 0 aliphatic carbocycles. The Morgan fingerprint density at radius 3 is 3.12 bits per heavy atom. The summed E-state index contributed by atoms with van der Waals surface area (Å²) in [5.74, 6) is 0. The molecule has 0 unspecified atom stereocenters. The molecule has 17 heavy (non-hydrogen) atoms. The van der Waals surface area contributed by atoms with E-state index in [0.717, 1.165) is 35.9 Å². The molecule has 4 nitrogen and oxygen atoms in total. The number of hydrogen-bond acceptors (Lipinski definition) is 3. The first kappa shape index (κ1) is 10.7. The van der Waals surface area contributed by atoms with E-state index in [4.69, 9.17) is 10.5 Å². The van der Waals surface area contributed by atoms with Crippen LogP contribution < -0.4 is 5.73 Å². The van der Waals surface area contributed by atoms with Gasteiger partial charge in [-0.2, -0.15) is 5.10 Å². The number of nitrogens with zero attached hydrogens (tertiary/aromatic N) is 2. The van der Waals surface area contributed by atoms with Gasteiger partial charge in [-0.3, -0.25) is 0 Å². The largest absolute Gasteiger partial charge is 0.356 e. The normalized spacial score (nSPS) is 20.9. The molecule has 0 amide bonds. The fourth-order valence-electron chi connectivity index (χ4n) is 2.36. The number of fused-ring (bicyclic) bond motifs is 1. The minimum atomic E-state index is 0.0919. The molecule has 1 saturated heterocycles. The topological polar surface area (TPSA) is 53.1 Å². The highest BCUT2D eigenvalue weighted by Crippen LogP contribution is 2.26. The quantitative estimate of drug-likeness (QED) is 0.862. The molecule has 0 saturated carbocycles. The van der Waals surface area contributed by atoms with Gasteiger partial charge in [-0.1, -0.05) is 12.1 Å². The van der Waals surface area contributed by atoms with Crippen LogP contribution in [0.15, 0.2) is 24.4 Å². The van der Waals surface area contributed by atoms with Gasteiger partial charge in [0.1, 0.15) is 0 Å². The van der Waals surface area contributed by atoms with Crippen molar-refractivity contribution in [2.45, 2.75) is 32.0 Å². The van der Waals surface area contributed by atoms with Gasteiger partial charge in [0.05, 0.1) is 11.7 Å². The maximum atomic E-state index is 5.77. The van der Waals surface area contributed by atoms with Crippen molar-refractivity contribution in [3.05, 3.63) is 30.0 Å². The zero-order valence-corrected chi connectivity index (χ0v) is 9.80. The number of benzene rings is 1. The molecule has 1 aliphatic rings. The van der Waals surface area contributed by atoms with Gasteiger partial charge < -0.3 is 10.5 Å². The van der Waals surface area contributed by atoms with Crippen LogP contribution in [-0.4, -0.2) is 16.4 Å². The Hall–Kier alpha value is -1.39. The molecule has 90 valence electrons. The first-order valence-electron chi connectivity index (χ1n) is 6.16. The van der Waals surface area contributed by atoms with Crippen LogP contribution in [0, 0.1) is 0 Å². The molecule has 0 spiro atoms. The molecule has 0 radical (unpaired) electrons. The summed E-state index contributed by atoms with van der Waals surface area (Å²) in [6.07, 6.45) is 5.40. The summed E-state index contributed by atoms with van der Waals surface area (Å²) in [5.41, 5.74) is 7.94. The molecule has 1 fully saturated rings. The van der Waals surface area contributed by atoms with E-state index < -0.39 is 0 Å². The Balaban J connectivity index is 2.02. The summed E-state index contributed by atoms with van der Waals surface area (Å²) in [5, 5.41) is 5.59. The van der Waals surface area contributed by atoms with Gasteiger partial charge in [0.2, 0.25) is 0 Å². The number of aromatic nitrogens is 2. The molecule has 2 N–H and O–H groups in total. The molecule has 2 aromatic rings. The SMILES string of the molecule is NCc1ccc2cnn([C@@H]3CCCCO3)c2c1. The van der Waals surface area contributed by atoms with Crippen molar-refractivity contribution < 1.29 is 4.74 Å². The highest BCUT2D eigenvalue weighted by Gasteiger charge is 2.18.